The largest absolute Gasteiger partial charge is 0.478 e. The highest BCUT2D eigenvalue weighted by atomic mass is 79.9. The Kier molecular flexibility index (Phi) is 3.35. The van der Waals surface area contributed by atoms with Crippen LogP contribution in [0.25, 0.3) is 11.8 Å². The van der Waals surface area contributed by atoms with Gasteiger partial charge in [0.05, 0.1) is 11.1 Å². The van der Waals surface area contributed by atoms with Crippen LogP contribution in [0.3, 0.4) is 0 Å². The number of ether oxygens (including phenoxy) is 1. The van der Waals surface area contributed by atoms with Gasteiger partial charge < -0.3 is 9.84 Å². The normalized spacial score (nSPS) is 14.9. The molecule has 0 unspecified atom stereocenters. The summed E-state index contributed by atoms with van der Waals surface area (Å²) in [4.78, 5) is 22.8. The fourth-order valence-electron chi connectivity index (χ4n) is 2.09. The lowest BCUT2D eigenvalue weighted by Gasteiger charge is -2.00. The van der Waals surface area contributed by atoms with E-state index in [1.165, 1.54) is 12.1 Å². The smallest absolute Gasteiger partial charge is 0.344 e. The van der Waals surface area contributed by atoms with E-state index in [0.717, 1.165) is 10.0 Å². The first-order chi connectivity index (χ1) is 10.0. The van der Waals surface area contributed by atoms with Crippen molar-refractivity contribution < 1.29 is 19.4 Å². The van der Waals surface area contributed by atoms with Crippen LogP contribution >= 0.6 is 15.9 Å². The zero-order valence-electron chi connectivity index (χ0n) is 10.7. The molecule has 0 saturated heterocycles. The van der Waals surface area contributed by atoms with Gasteiger partial charge in [0.2, 0.25) is 0 Å². The highest BCUT2D eigenvalue weighted by molar-refractivity contribution is 9.10. The molecule has 104 valence electrons. The highest BCUT2D eigenvalue weighted by Gasteiger charge is 2.27. The van der Waals surface area contributed by atoms with Gasteiger partial charge in [0.25, 0.3) is 0 Å². The summed E-state index contributed by atoms with van der Waals surface area (Å²) in [5, 5.41) is 8.96. The minimum Gasteiger partial charge on any atom is -0.478 e. The number of halogens is 1. The summed E-state index contributed by atoms with van der Waals surface area (Å²) < 4.78 is 6.18. The molecule has 0 amide bonds. The standard InChI is InChI=1S/C16H9BrO4/c17-11-4-1-9(2-5-11)7-14-12-6-3-10(15(18)19)8-13(12)16(20)21-14/h1-8H,(H,18,19)/b14-7-. The second-order valence-electron chi connectivity index (χ2n) is 4.52. The first-order valence-corrected chi connectivity index (χ1v) is 6.91. The molecule has 1 aliphatic heterocycles. The number of benzene rings is 2. The van der Waals surface area contributed by atoms with Crippen molar-refractivity contribution in [1.29, 1.82) is 0 Å². The van der Waals surface area contributed by atoms with E-state index in [4.69, 9.17) is 9.84 Å². The molecule has 1 heterocycles. The van der Waals surface area contributed by atoms with Gasteiger partial charge in [0, 0.05) is 10.0 Å². The van der Waals surface area contributed by atoms with Crippen molar-refractivity contribution in [3.63, 3.8) is 0 Å². The molecule has 0 radical (unpaired) electrons. The number of carboxylic acid groups (broad SMARTS) is 1. The Labute approximate surface area is 128 Å². The quantitative estimate of drug-likeness (QED) is 0.841. The fourth-order valence-corrected chi connectivity index (χ4v) is 2.35. The molecule has 0 aliphatic carbocycles. The first kappa shape index (κ1) is 13.6. The number of hydrogen-bond acceptors (Lipinski definition) is 3. The summed E-state index contributed by atoms with van der Waals surface area (Å²) in [5.74, 6) is -1.18. The minimum atomic E-state index is -1.07. The molecule has 2 aromatic rings. The van der Waals surface area contributed by atoms with Crippen LogP contribution < -0.4 is 0 Å². The Balaban J connectivity index is 2.04. The van der Waals surface area contributed by atoms with E-state index in [2.05, 4.69) is 15.9 Å². The van der Waals surface area contributed by atoms with Crippen LogP contribution in [0.5, 0.6) is 0 Å². The average Bonchev–Trinajstić information content (AvgIpc) is 2.77. The number of aromatic carboxylic acids is 1. The lowest BCUT2D eigenvalue weighted by Crippen LogP contribution is -2.00. The van der Waals surface area contributed by atoms with E-state index in [9.17, 15) is 9.59 Å². The predicted octanol–water partition coefficient (Wildman–Crippen LogP) is 3.82. The van der Waals surface area contributed by atoms with Gasteiger partial charge in [-0.3, -0.25) is 0 Å². The third kappa shape index (κ3) is 2.60. The molecule has 2 aromatic carbocycles. The van der Waals surface area contributed by atoms with Crippen LogP contribution in [0.1, 0.15) is 31.8 Å². The first-order valence-electron chi connectivity index (χ1n) is 6.12. The maximum Gasteiger partial charge on any atom is 0.344 e. The Morgan fingerprint density at radius 3 is 2.48 bits per heavy atom. The van der Waals surface area contributed by atoms with Crippen LogP contribution in [0.2, 0.25) is 0 Å². The van der Waals surface area contributed by atoms with Gasteiger partial charge in [-0.05, 0) is 42.0 Å². The second-order valence-corrected chi connectivity index (χ2v) is 5.43. The van der Waals surface area contributed by atoms with E-state index < -0.39 is 11.9 Å². The maximum atomic E-state index is 11.8. The Morgan fingerprint density at radius 2 is 1.81 bits per heavy atom. The van der Waals surface area contributed by atoms with Gasteiger partial charge in [-0.25, -0.2) is 9.59 Å². The monoisotopic (exact) mass is 344 g/mol. The van der Waals surface area contributed by atoms with Crippen LogP contribution in [-0.4, -0.2) is 17.0 Å². The molecule has 21 heavy (non-hydrogen) atoms. The van der Waals surface area contributed by atoms with Gasteiger partial charge in [0.15, 0.2) is 0 Å². The number of fused-ring (bicyclic) bond motifs is 1. The van der Waals surface area contributed by atoms with Crippen molar-refractivity contribution in [1.82, 2.24) is 0 Å². The lowest BCUT2D eigenvalue weighted by atomic mass is 10.0. The topological polar surface area (TPSA) is 63.6 Å². The number of hydrogen-bond donors (Lipinski definition) is 1. The number of esters is 1. The molecule has 0 bridgehead atoms. The van der Waals surface area contributed by atoms with Gasteiger partial charge in [-0.2, -0.15) is 0 Å². The molecule has 4 nitrogen and oxygen atoms in total. The van der Waals surface area contributed by atoms with Gasteiger partial charge >= 0.3 is 11.9 Å². The molecular weight excluding hydrogens is 336 g/mol. The SMILES string of the molecule is O=C(O)c1ccc2c(c1)C(=O)O/C2=C\c1ccc(Br)cc1. The van der Waals surface area contributed by atoms with Crippen molar-refractivity contribution in [2.45, 2.75) is 0 Å². The molecular formula is C16H9BrO4. The number of rotatable bonds is 2. The molecule has 1 aliphatic rings. The lowest BCUT2D eigenvalue weighted by molar-refractivity contribution is 0.0696. The van der Waals surface area contributed by atoms with Gasteiger partial charge in [-0.1, -0.05) is 28.1 Å². The fraction of sp³-hybridized carbons (Fsp3) is 0. The summed E-state index contributed by atoms with van der Waals surface area (Å²) in [7, 11) is 0. The van der Waals surface area contributed by atoms with Crippen LogP contribution in [-0.2, 0) is 4.74 Å². The zero-order valence-corrected chi connectivity index (χ0v) is 12.3. The number of carbonyl (C=O) groups is 2. The third-order valence-corrected chi connectivity index (χ3v) is 3.65. The molecule has 0 spiro atoms. The Morgan fingerprint density at radius 1 is 1.10 bits per heavy atom. The van der Waals surface area contributed by atoms with Crippen LogP contribution in [0.15, 0.2) is 46.9 Å². The molecule has 1 N–H and O–H groups in total. The van der Waals surface area contributed by atoms with E-state index >= 15 is 0 Å². The summed E-state index contributed by atoms with van der Waals surface area (Å²) in [6.45, 7) is 0. The molecule has 0 atom stereocenters. The predicted molar refractivity (Wildman–Crippen MR) is 80.8 cm³/mol. The van der Waals surface area contributed by atoms with Crippen LogP contribution in [0.4, 0.5) is 0 Å². The van der Waals surface area contributed by atoms with E-state index in [1.54, 1.807) is 12.1 Å². The molecule has 0 saturated carbocycles. The minimum absolute atomic E-state index is 0.0654. The third-order valence-electron chi connectivity index (χ3n) is 3.12. The zero-order chi connectivity index (χ0) is 15.0. The van der Waals surface area contributed by atoms with Crippen molar-refractivity contribution in [2.75, 3.05) is 0 Å². The molecule has 5 heteroatoms. The summed E-state index contributed by atoms with van der Waals surface area (Å²) in [6.07, 6.45) is 1.75. The molecule has 3 rings (SSSR count). The van der Waals surface area contributed by atoms with Crippen LogP contribution in [0, 0.1) is 0 Å². The van der Waals surface area contributed by atoms with Crippen molar-refractivity contribution in [2.24, 2.45) is 0 Å². The van der Waals surface area contributed by atoms with E-state index in [1.807, 2.05) is 24.3 Å². The molecule has 0 aromatic heterocycles. The summed E-state index contributed by atoms with van der Waals surface area (Å²) >= 11 is 3.35. The second kappa shape index (κ2) is 5.18. The van der Waals surface area contributed by atoms with Gasteiger partial charge in [0.1, 0.15) is 5.76 Å². The number of cyclic esters (lactones) is 1. The summed E-state index contributed by atoms with van der Waals surface area (Å²) in [6, 6.07) is 11.9. The number of carboxylic acids is 1. The highest BCUT2D eigenvalue weighted by Crippen LogP contribution is 2.32. The average molecular weight is 345 g/mol. The number of carbonyl (C=O) groups excluding carboxylic acids is 1. The van der Waals surface area contributed by atoms with E-state index in [0.29, 0.717) is 11.3 Å². The van der Waals surface area contributed by atoms with Crippen molar-refractivity contribution in [3.8, 4) is 0 Å². The van der Waals surface area contributed by atoms with Crippen molar-refractivity contribution >= 4 is 39.7 Å². The Bertz CT molecular complexity index is 775. The molecule has 0 fully saturated rings. The van der Waals surface area contributed by atoms with E-state index in [-0.39, 0.29) is 11.1 Å². The Hall–Kier alpha value is -2.40. The van der Waals surface area contributed by atoms with Gasteiger partial charge in [-0.15, -0.1) is 0 Å². The maximum absolute atomic E-state index is 11.8. The summed E-state index contributed by atoms with van der Waals surface area (Å²) in [5.41, 5.74) is 1.83. The van der Waals surface area contributed by atoms with Crippen molar-refractivity contribution in [3.05, 3.63) is 69.2 Å².